The number of nitrogens with zero attached hydrogens (tertiary/aromatic N) is 1. The third-order valence-electron chi connectivity index (χ3n) is 4.18. The monoisotopic (exact) mass is 375 g/mol. The van der Waals surface area contributed by atoms with E-state index in [9.17, 15) is 14.7 Å². The Morgan fingerprint density at radius 3 is 2.40 bits per heavy atom. The van der Waals surface area contributed by atoms with Crippen LogP contribution in [0.3, 0.4) is 0 Å². The summed E-state index contributed by atoms with van der Waals surface area (Å²) in [6.45, 7) is 5.62. The summed E-state index contributed by atoms with van der Waals surface area (Å²) in [6.07, 6.45) is 2.02. The van der Waals surface area contributed by atoms with Gasteiger partial charge in [-0.1, -0.05) is 44.9 Å². The van der Waals surface area contributed by atoms with Gasteiger partial charge in [0.2, 0.25) is 5.91 Å². The molecule has 2 amide bonds. The summed E-state index contributed by atoms with van der Waals surface area (Å²) in [5.74, 6) is -1.20. The molecule has 1 aromatic carbocycles. The van der Waals surface area contributed by atoms with Crippen LogP contribution in [0.1, 0.15) is 40.0 Å². The number of rotatable bonds is 4. The fraction of sp³-hybridized carbons (Fsp3) is 0.471. The van der Waals surface area contributed by atoms with Crippen LogP contribution in [-0.2, 0) is 9.59 Å². The predicted octanol–water partition coefficient (Wildman–Crippen LogP) is -0.882. The molecular formula is C17H23ClN3NaO3. The fourth-order valence-electron chi connectivity index (χ4n) is 2.81. The van der Waals surface area contributed by atoms with Gasteiger partial charge in [-0.15, -0.1) is 0 Å². The average Bonchev–Trinajstić information content (AvgIpc) is 2.48. The zero-order valence-corrected chi connectivity index (χ0v) is 17.9. The van der Waals surface area contributed by atoms with Crippen molar-refractivity contribution in [3.8, 4) is 0 Å². The van der Waals surface area contributed by atoms with Crippen LogP contribution in [0.5, 0.6) is 0 Å². The van der Waals surface area contributed by atoms with E-state index in [2.05, 4.69) is 10.3 Å². The summed E-state index contributed by atoms with van der Waals surface area (Å²) in [5.41, 5.74) is 4.93. The SMILES string of the molecule is CCCC(C)C1(CC)C(=O)N=C([O-])NC1=O.Nc1cccc(Cl)c1.[Na+]. The Labute approximate surface area is 175 Å². The number of amidine groups is 1. The van der Waals surface area contributed by atoms with Crippen molar-refractivity contribution in [2.24, 2.45) is 16.3 Å². The van der Waals surface area contributed by atoms with Crippen molar-refractivity contribution in [1.29, 1.82) is 0 Å². The molecule has 0 aliphatic carbocycles. The Kier molecular flexibility index (Phi) is 10.3. The third kappa shape index (κ3) is 5.99. The Balaban J connectivity index is 0.000000540. The molecule has 0 saturated heterocycles. The van der Waals surface area contributed by atoms with Gasteiger partial charge < -0.3 is 16.2 Å². The Bertz CT molecular complexity index is 622. The Hall–Kier alpha value is -1.08. The molecule has 0 saturated carbocycles. The zero-order chi connectivity index (χ0) is 18.3. The zero-order valence-electron chi connectivity index (χ0n) is 15.1. The standard InChI is InChI=1S/C11H18N2O3.C6H6ClN.Na/c1-4-6-7(3)11(5-2)8(14)12-10(16)13-9(11)15;7-5-2-1-3-6(8)4-5;/h7H,4-6H2,1-3H3,(H2,12,13,14,15,16);1-4H,8H2;/q;;+1/p-1. The Morgan fingerprint density at radius 2 is 2.00 bits per heavy atom. The molecule has 2 unspecified atom stereocenters. The minimum absolute atomic E-state index is 0. The van der Waals surface area contributed by atoms with Crippen molar-refractivity contribution in [3.63, 3.8) is 0 Å². The Morgan fingerprint density at radius 1 is 1.36 bits per heavy atom. The molecular weight excluding hydrogens is 353 g/mol. The van der Waals surface area contributed by atoms with E-state index in [4.69, 9.17) is 17.3 Å². The van der Waals surface area contributed by atoms with Gasteiger partial charge in [0.1, 0.15) is 5.41 Å². The molecule has 25 heavy (non-hydrogen) atoms. The molecule has 1 heterocycles. The van der Waals surface area contributed by atoms with E-state index in [-0.39, 0.29) is 35.5 Å². The maximum atomic E-state index is 11.9. The van der Waals surface area contributed by atoms with Crippen LogP contribution >= 0.6 is 11.6 Å². The second-order valence-corrected chi connectivity index (χ2v) is 6.18. The van der Waals surface area contributed by atoms with Crippen LogP contribution in [0.4, 0.5) is 5.69 Å². The minimum atomic E-state index is -1.15. The van der Waals surface area contributed by atoms with E-state index in [1.165, 1.54) is 0 Å². The number of carbonyl (C=O) groups is 2. The van der Waals surface area contributed by atoms with E-state index in [0.717, 1.165) is 12.8 Å². The smallest absolute Gasteiger partial charge is 0.846 e. The van der Waals surface area contributed by atoms with Gasteiger partial charge in [-0.2, -0.15) is 0 Å². The van der Waals surface area contributed by atoms with Crippen LogP contribution in [0.25, 0.3) is 0 Å². The third-order valence-corrected chi connectivity index (χ3v) is 4.41. The molecule has 1 aliphatic heterocycles. The number of amides is 2. The minimum Gasteiger partial charge on any atom is -0.846 e. The molecule has 0 spiro atoms. The van der Waals surface area contributed by atoms with E-state index in [0.29, 0.717) is 17.1 Å². The molecule has 3 N–H and O–H groups in total. The van der Waals surface area contributed by atoms with E-state index in [1.54, 1.807) is 25.1 Å². The molecule has 0 aromatic heterocycles. The van der Waals surface area contributed by atoms with Crippen LogP contribution in [0, 0.1) is 11.3 Å². The fourth-order valence-corrected chi connectivity index (χ4v) is 3.01. The number of hydrogen-bond donors (Lipinski definition) is 2. The van der Waals surface area contributed by atoms with Gasteiger partial charge in [-0.05, 0) is 37.0 Å². The molecule has 132 valence electrons. The summed E-state index contributed by atoms with van der Waals surface area (Å²) in [6, 6.07) is 6.27. The van der Waals surface area contributed by atoms with Crippen molar-refractivity contribution in [2.45, 2.75) is 40.0 Å². The van der Waals surface area contributed by atoms with Crippen LogP contribution in [-0.4, -0.2) is 17.8 Å². The number of anilines is 1. The molecule has 0 radical (unpaired) electrons. The van der Waals surface area contributed by atoms with Crippen molar-refractivity contribution < 1.29 is 44.3 Å². The molecule has 1 aromatic rings. The summed E-state index contributed by atoms with van der Waals surface area (Å²) in [7, 11) is 0. The van der Waals surface area contributed by atoms with Crippen LogP contribution < -0.4 is 45.7 Å². The van der Waals surface area contributed by atoms with Gasteiger partial charge in [0.15, 0.2) is 0 Å². The molecule has 2 atom stereocenters. The summed E-state index contributed by atoms with van der Waals surface area (Å²) in [4.78, 5) is 27.1. The maximum Gasteiger partial charge on any atom is 1.00 e. The van der Waals surface area contributed by atoms with E-state index in [1.807, 2.05) is 19.9 Å². The second kappa shape index (κ2) is 10.8. The summed E-state index contributed by atoms with van der Waals surface area (Å²) >= 11 is 5.56. The quantitative estimate of drug-likeness (QED) is 0.404. The largest absolute Gasteiger partial charge is 1.00 e. The number of nitrogens with one attached hydrogen (secondary N) is 1. The maximum absolute atomic E-state index is 11.9. The summed E-state index contributed by atoms with van der Waals surface area (Å²) in [5, 5.41) is 13.8. The first kappa shape index (κ1) is 23.9. The number of nitrogen functional groups attached to an aromatic ring is 1. The van der Waals surface area contributed by atoms with Gasteiger partial charge in [-0.3, -0.25) is 9.59 Å². The molecule has 0 bridgehead atoms. The van der Waals surface area contributed by atoms with E-state index >= 15 is 0 Å². The van der Waals surface area contributed by atoms with Crippen molar-refractivity contribution in [3.05, 3.63) is 29.3 Å². The molecule has 0 fully saturated rings. The number of halogens is 1. The number of carbonyl (C=O) groups excluding carboxylic acids is 2. The number of aliphatic imine (C=N–C) groups is 1. The van der Waals surface area contributed by atoms with Gasteiger partial charge in [0.05, 0.1) is 6.02 Å². The van der Waals surface area contributed by atoms with Crippen molar-refractivity contribution >= 4 is 35.1 Å². The first-order chi connectivity index (χ1) is 11.3. The molecule has 8 heteroatoms. The van der Waals surface area contributed by atoms with E-state index < -0.39 is 23.3 Å². The van der Waals surface area contributed by atoms with Gasteiger partial charge in [0, 0.05) is 10.7 Å². The summed E-state index contributed by atoms with van der Waals surface area (Å²) < 4.78 is 0. The number of nitrogens with two attached hydrogens (primary N) is 1. The van der Waals surface area contributed by atoms with Crippen molar-refractivity contribution in [1.82, 2.24) is 5.32 Å². The van der Waals surface area contributed by atoms with Gasteiger partial charge >= 0.3 is 29.6 Å². The first-order valence-corrected chi connectivity index (χ1v) is 8.28. The number of hydrogen-bond acceptors (Lipinski definition) is 4. The molecule has 2 rings (SSSR count). The first-order valence-electron chi connectivity index (χ1n) is 7.90. The average molecular weight is 376 g/mol. The topological polar surface area (TPSA) is 108 Å². The van der Waals surface area contributed by atoms with Gasteiger partial charge in [-0.25, -0.2) is 4.99 Å². The molecule has 6 nitrogen and oxygen atoms in total. The molecule has 1 aliphatic rings. The second-order valence-electron chi connectivity index (χ2n) is 5.75. The van der Waals surface area contributed by atoms with Crippen LogP contribution in [0.15, 0.2) is 29.3 Å². The van der Waals surface area contributed by atoms with Gasteiger partial charge in [0.25, 0.3) is 5.91 Å². The van der Waals surface area contributed by atoms with Crippen molar-refractivity contribution in [2.75, 3.05) is 5.73 Å². The number of benzene rings is 1. The predicted molar refractivity (Wildman–Crippen MR) is 93.2 cm³/mol. The van der Waals surface area contributed by atoms with Crippen LogP contribution in [0.2, 0.25) is 5.02 Å². The normalized spacial score (nSPS) is 20.4.